The third-order valence-corrected chi connectivity index (χ3v) is 6.52. The van der Waals surface area contributed by atoms with Crippen molar-refractivity contribution in [2.24, 2.45) is 11.7 Å². The van der Waals surface area contributed by atoms with Crippen molar-refractivity contribution in [1.82, 2.24) is 9.79 Å². The molecule has 1 aliphatic heterocycles. The number of nitrogens with one attached hydrogen (secondary N) is 1. The van der Waals surface area contributed by atoms with Crippen LogP contribution in [-0.2, 0) is 19.7 Å². The van der Waals surface area contributed by atoms with Crippen molar-refractivity contribution in [3.05, 3.63) is 58.7 Å². The smallest absolute Gasteiger partial charge is 0.289 e. The Morgan fingerprint density at radius 3 is 2.69 bits per heavy atom. The Balaban J connectivity index is 2.06. The Morgan fingerprint density at radius 1 is 1.41 bits per heavy atom. The summed E-state index contributed by atoms with van der Waals surface area (Å²) < 4.78 is 27.5. The molecule has 0 radical (unpaired) electrons. The summed E-state index contributed by atoms with van der Waals surface area (Å²) >= 11 is 0. The minimum Gasteiger partial charge on any atom is -0.368 e. The van der Waals surface area contributed by atoms with Gasteiger partial charge in [0.25, 0.3) is 15.7 Å². The number of nitrogens with two attached hydrogens (primary N) is 1. The zero-order valence-corrected chi connectivity index (χ0v) is 16.4. The monoisotopic (exact) mass is 422 g/mol. The van der Waals surface area contributed by atoms with E-state index in [0.717, 1.165) is 28.9 Å². The molecule has 1 saturated carbocycles. The molecule has 0 bridgehead atoms. The summed E-state index contributed by atoms with van der Waals surface area (Å²) in [5, 5.41) is 14.3. The zero-order valence-electron chi connectivity index (χ0n) is 15.6. The number of hydrogen-bond donors (Lipinski definition) is 2. The van der Waals surface area contributed by atoms with Gasteiger partial charge in [-0.25, -0.2) is 8.42 Å². The Kier molecular flexibility index (Phi) is 6.13. The van der Waals surface area contributed by atoms with E-state index in [4.69, 9.17) is 10.6 Å². The molecule has 3 N–H and O–H groups in total. The Bertz CT molecular complexity index is 957. The second kappa shape index (κ2) is 8.41. The lowest BCUT2D eigenvalue weighted by atomic mass is 9.96. The van der Waals surface area contributed by atoms with Gasteiger partial charge in [0.2, 0.25) is 5.91 Å². The van der Waals surface area contributed by atoms with Gasteiger partial charge >= 0.3 is 0 Å². The highest BCUT2D eigenvalue weighted by Crippen LogP contribution is 2.42. The van der Waals surface area contributed by atoms with Crippen LogP contribution in [0.5, 0.6) is 0 Å². The van der Waals surface area contributed by atoms with E-state index in [-0.39, 0.29) is 19.1 Å². The first-order valence-corrected chi connectivity index (χ1v) is 10.5. The summed E-state index contributed by atoms with van der Waals surface area (Å²) in [7, 11) is -4.40. The first-order chi connectivity index (χ1) is 13.8. The predicted octanol–water partition coefficient (Wildman–Crippen LogP) is 0.865. The number of hydroxylamine groups is 1. The molecule has 1 aliphatic carbocycles. The summed E-state index contributed by atoms with van der Waals surface area (Å²) in [5.41, 5.74) is 5.56. The molecule has 0 spiro atoms. The lowest BCUT2D eigenvalue weighted by Gasteiger charge is -2.35. The van der Waals surface area contributed by atoms with Crippen molar-refractivity contribution in [3.63, 3.8) is 0 Å². The van der Waals surface area contributed by atoms with Gasteiger partial charge in [0.15, 0.2) is 4.90 Å². The van der Waals surface area contributed by atoms with Gasteiger partial charge in [-0.1, -0.05) is 28.8 Å². The van der Waals surface area contributed by atoms with Crippen molar-refractivity contribution in [2.45, 2.75) is 29.8 Å². The van der Waals surface area contributed by atoms with Crippen molar-refractivity contribution in [1.29, 1.82) is 0 Å². The van der Waals surface area contributed by atoms with Gasteiger partial charge in [-0.3, -0.25) is 19.7 Å². The number of carbonyl (C=O) groups is 1. The molecular formula is C18H22N4O6S. The maximum atomic E-state index is 13.4. The number of nitro benzene ring substituents is 1. The van der Waals surface area contributed by atoms with E-state index in [1.807, 2.05) is 0 Å². The van der Waals surface area contributed by atoms with E-state index in [0.29, 0.717) is 0 Å². The third kappa shape index (κ3) is 4.37. The number of amides is 1. The Hall–Kier alpha value is -2.60. The van der Waals surface area contributed by atoms with Gasteiger partial charge in [0.05, 0.1) is 17.6 Å². The van der Waals surface area contributed by atoms with Crippen LogP contribution in [0.4, 0.5) is 5.69 Å². The third-order valence-electron chi connectivity index (χ3n) is 4.78. The van der Waals surface area contributed by atoms with Gasteiger partial charge in [-0.2, -0.15) is 0 Å². The number of rotatable bonds is 9. The number of hydrogen-bond acceptors (Lipinski definition) is 7. The molecule has 1 aromatic carbocycles. The number of carbonyl (C=O) groups excluding carboxylic acids is 1. The SMILES string of the molecule is C=CCON([C@H]1CN[C@H](C(N)=O)C=C1C1CC1)S(=O)(=O)c1ccccc1[N+](=O)[O-]. The molecule has 0 aromatic heterocycles. The van der Waals surface area contributed by atoms with Gasteiger partial charge in [-0.05, 0) is 30.4 Å². The minimum absolute atomic E-state index is 0.0763. The Labute approximate surface area is 168 Å². The van der Waals surface area contributed by atoms with Crippen molar-refractivity contribution in [3.8, 4) is 0 Å². The molecule has 2 aliphatic rings. The van der Waals surface area contributed by atoms with Crippen LogP contribution in [0.1, 0.15) is 12.8 Å². The standard InChI is InChI=1S/C18H22N4O6S/c1-2-9-28-22(29(26,27)17-6-4-3-5-15(17)21(24)25)16-11-20-14(18(19)23)10-13(16)12-7-8-12/h2-6,10,12,14,16,20H,1,7-9,11H2,(H2,19,23)/t14-,16-/m0/s1. The maximum absolute atomic E-state index is 13.4. The van der Waals surface area contributed by atoms with Gasteiger partial charge < -0.3 is 11.1 Å². The van der Waals surface area contributed by atoms with Crippen LogP contribution in [0.3, 0.4) is 0 Å². The Morgan fingerprint density at radius 2 is 2.10 bits per heavy atom. The molecule has 10 nitrogen and oxygen atoms in total. The fourth-order valence-electron chi connectivity index (χ4n) is 3.30. The first-order valence-electron chi connectivity index (χ1n) is 9.03. The molecule has 0 unspecified atom stereocenters. The highest BCUT2D eigenvalue weighted by molar-refractivity contribution is 7.89. The van der Waals surface area contributed by atoms with E-state index in [9.17, 15) is 23.3 Å². The largest absolute Gasteiger partial charge is 0.368 e. The minimum atomic E-state index is -4.40. The van der Waals surface area contributed by atoms with Crippen LogP contribution in [-0.4, -0.2) is 49.0 Å². The number of benzene rings is 1. The molecule has 156 valence electrons. The zero-order chi connectivity index (χ0) is 21.2. The highest BCUT2D eigenvalue weighted by Gasteiger charge is 2.44. The molecule has 2 atom stereocenters. The van der Waals surface area contributed by atoms with E-state index in [2.05, 4.69) is 11.9 Å². The second-order valence-corrected chi connectivity index (χ2v) is 8.56. The second-order valence-electron chi connectivity index (χ2n) is 6.81. The van der Waals surface area contributed by atoms with Crippen molar-refractivity contribution >= 4 is 21.6 Å². The molecule has 0 saturated heterocycles. The predicted molar refractivity (Wildman–Crippen MR) is 104 cm³/mol. The van der Waals surface area contributed by atoms with Crippen LogP contribution in [0, 0.1) is 16.0 Å². The van der Waals surface area contributed by atoms with Gasteiger partial charge in [0, 0.05) is 12.6 Å². The van der Waals surface area contributed by atoms with Crippen molar-refractivity contribution in [2.75, 3.05) is 13.2 Å². The average Bonchev–Trinajstić information content (AvgIpc) is 3.53. The molecule has 1 fully saturated rings. The van der Waals surface area contributed by atoms with E-state index < -0.39 is 43.5 Å². The topological polar surface area (TPSA) is 145 Å². The molecular weight excluding hydrogens is 400 g/mol. The molecule has 11 heteroatoms. The van der Waals surface area contributed by atoms with Gasteiger partial charge in [-0.15, -0.1) is 6.58 Å². The summed E-state index contributed by atoms with van der Waals surface area (Å²) in [4.78, 5) is 27.2. The average molecular weight is 422 g/mol. The highest BCUT2D eigenvalue weighted by atomic mass is 32.2. The number of primary amides is 1. The molecule has 3 rings (SSSR count). The molecule has 1 heterocycles. The van der Waals surface area contributed by atoms with Crippen molar-refractivity contribution < 1.29 is 23.0 Å². The van der Waals surface area contributed by atoms with Crippen LogP contribution in [0.15, 0.2) is 53.5 Å². The number of para-hydroxylation sites is 1. The fraction of sp³-hybridized carbons (Fsp3) is 0.389. The summed E-state index contributed by atoms with van der Waals surface area (Å²) in [6.07, 6.45) is 4.72. The van der Waals surface area contributed by atoms with E-state index in [1.165, 1.54) is 24.3 Å². The normalized spacial score (nSPS) is 22.2. The molecule has 1 aromatic rings. The van der Waals surface area contributed by atoms with Crippen LogP contribution >= 0.6 is 0 Å². The van der Waals surface area contributed by atoms with Gasteiger partial charge in [0.1, 0.15) is 6.04 Å². The summed E-state index contributed by atoms with van der Waals surface area (Å²) in [6, 6.07) is 3.60. The molecule has 1 amide bonds. The lowest BCUT2D eigenvalue weighted by Crippen LogP contribution is -2.54. The quantitative estimate of drug-likeness (QED) is 0.341. The maximum Gasteiger partial charge on any atom is 0.289 e. The van der Waals surface area contributed by atoms with Crippen LogP contribution < -0.4 is 11.1 Å². The number of sulfonamides is 1. The first kappa shape index (κ1) is 21.1. The fourth-order valence-corrected chi connectivity index (χ4v) is 4.88. The van der Waals surface area contributed by atoms with E-state index >= 15 is 0 Å². The summed E-state index contributed by atoms with van der Waals surface area (Å²) in [6.45, 7) is 3.49. The number of nitrogens with zero attached hydrogens (tertiary/aromatic N) is 2. The lowest BCUT2D eigenvalue weighted by molar-refractivity contribution is -0.387. The molecule has 29 heavy (non-hydrogen) atoms. The van der Waals surface area contributed by atoms with Crippen LogP contribution in [0.25, 0.3) is 0 Å². The van der Waals surface area contributed by atoms with E-state index in [1.54, 1.807) is 6.08 Å². The number of nitro groups is 1. The summed E-state index contributed by atoms with van der Waals surface area (Å²) in [5.74, 6) is -0.457. The van der Waals surface area contributed by atoms with Crippen LogP contribution in [0.2, 0.25) is 0 Å².